The number of likely N-dealkylation sites (N-methyl/N-ethyl adjacent to an activating group) is 1. The van der Waals surface area contributed by atoms with Gasteiger partial charge in [0, 0.05) is 24.0 Å². The molecule has 0 radical (unpaired) electrons. The van der Waals surface area contributed by atoms with Crippen LogP contribution in [0.15, 0.2) is 35.7 Å². The molecule has 2 rings (SSSR count). The highest BCUT2D eigenvalue weighted by molar-refractivity contribution is 7.09. The fraction of sp³-hybridized carbons (Fsp3) is 0.471. The summed E-state index contributed by atoms with van der Waals surface area (Å²) in [5, 5.41) is 5.47. The van der Waals surface area contributed by atoms with Gasteiger partial charge in [0.1, 0.15) is 0 Å². The van der Waals surface area contributed by atoms with Crippen molar-refractivity contribution in [2.45, 2.75) is 39.4 Å². The number of aromatic nitrogens is 1. The average molecular weight is 303 g/mol. The van der Waals surface area contributed by atoms with E-state index in [9.17, 15) is 0 Å². The number of hydrogen-bond acceptors (Lipinski definition) is 4. The van der Waals surface area contributed by atoms with Gasteiger partial charge in [0.2, 0.25) is 0 Å². The Morgan fingerprint density at radius 2 is 2.05 bits per heavy atom. The Balaban J connectivity index is 1.90. The molecule has 0 aromatic carbocycles. The Labute approximate surface area is 132 Å². The van der Waals surface area contributed by atoms with Gasteiger partial charge >= 0.3 is 0 Å². The van der Waals surface area contributed by atoms with Crippen LogP contribution < -0.4 is 5.32 Å². The molecule has 2 heterocycles. The zero-order chi connectivity index (χ0) is 15.1. The van der Waals surface area contributed by atoms with Crippen molar-refractivity contribution >= 4 is 11.3 Å². The van der Waals surface area contributed by atoms with E-state index in [1.807, 2.05) is 11.3 Å². The highest BCUT2D eigenvalue weighted by atomic mass is 32.1. The molecule has 0 spiro atoms. The van der Waals surface area contributed by atoms with Crippen LogP contribution in [0, 0.1) is 0 Å². The normalized spacial score (nSPS) is 12.8. The number of nitrogens with zero attached hydrogens (tertiary/aromatic N) is 2. The molecule has 0 amide bonds. The van der Waals surface area contributed by atoms with Crippen molar-refractivity contribution in [1.82, 2.24) is 15.2 Å². The number of hydrogen-bond donors (Lipinski definition) is 1. The van der Waals surface area contributed by atoms with Crippen LogP contribution in [0.1, 0.15) is 30.1 Å². The van der Waals surface area contributed by atoms with Crippen LogP contribution in [0.2, 0.25) is 0 Å². The van der Waals surface area contributed by atoms with Crippen LogP contribution in [0.4, 0.5) is 0 Å². The summed E-state index contributed by atoms with van der Waals surface area (Å²) in [5.41, 5.74) is 2.26. The average Bonchev–Trinajstić information content (AvgIpc) is 2.98. The molecule has 3 nitrogen and oxygen atoms in total. The van der Waals surface area contributed by atoms with Gasteiger partial charge in [0.15, 0.2) is 0 Å². The number of pyridine rings is 1. The summed E-state index contributed by atoms with van der Waals surface area (Å²) in [6.45, 7) is 7.11. The summed E-state index contributed by atoms with van der Waals surface area (Å²) in [6.07, 6.45) is 1.10. The minimum Gasteiger partial charge on any atom is -0.311 e. The lowest BCUT2D eigenvalue weighted by molar-refractivity contribution is 0.246. The van der Waals surface area contributed by atoms with E-state index in [1.54, 1.807) is 0 Å². The van der Waals surface area contributed by atoms with Crippen LogP contribution in [-0.4, -0.2) is 29.5 Å². The topological polar surface area (TPSA) is 28.2 Å². The number of nitrogens with one attached hydrogen (secondary N) is 1. The first-order valence-corrected chi connectivity index (χ1v) is 8.45. The monoisotopic (exact) mass is 303 g/mol. The highest BCUT2D eigenvalue weighted by Crippen LogP contribution is 2.14. The SMILES string of the molecule is CCNCc1cccc(CN(C)C(C)Cc2cccs2)n1. The highest BCUT2D eigenvalue weighted by Gasteiger charge is 2.12. The minimum absolute atomic E-state index is 0.517. The van der Waals surface area contributed by atoms with Crippen molar-refractivity contribution in [3.05, 3.63) is 52.0 Å². The summed E-state index contributed by atoms with van der Waals surface area (Å²) in [5.74, 6) is 0. The van der Waals surface area contributed by atoms with Crippen LogP contribution in [0.3, 0.4) is 0 Å². The Hall–Kier alpha value is -1.23. The molecule has 0 aliphatic heterocycles. The van der Waals surface area contributed by atoms with Crippen molar-refractivity contribution in [3.8, 4) is 0 Å². The zero-order valence-electron chi connectivity index (χ0n) is 13.2. The smallest absolute Gasteiger partial charge is 0.0547 e. The van der Waals surface area contributed by atoms with E-state index in [1.165, 1.54) is 4.88 Å². The zero-order valence-corrected chi connectivity index (χ0v) is 14.0. The van der Waals surface area contributed by atoms with Crippen LogP contribution in [0.25, 0.3) is 0 Å². The summed E-state index contributed by atoms with van der Waals surface area (Å²) in [7, 11) is 2.18. The predicted octanol–water partition coefficient (Wildman–Crippen LogP) is 3.32. The molecule has 1 N–H and O–H groups in total. The molecule has 2 aromatic heterocycles. The summed E-state index contributed by atoms with van der Waals surface area (Å²) in [6, 6.07) is 11.2. The van der Waals surface area contributed by atoms with Gasteiger partial charge in [0.05, 0.1) is 11.4 Å². The standard InChI is InChI=1S/C17H25N3S/c1-4-18-12-15-7-5-8-16(19-15)13-20(3)14(2)11-17-9-6-10-21-17/h5-10,14,18H,4,11-13H2,1-3H3. The molecule has 4 heteroatoms. The molecule has 0 aliphatic carbocycles. The van der Waals surface area contributed by atoms with E-state index in [0.717, 1.165) is 37.4 Å². The fourth-order valence-electron chi connectivity index (χ4n) is 2.26. The molecule has 1 unspecified atom stereocenters. The van der Waals surface area contributed by atoms with Gasteiger partial charge in [0.25, 0.3) is 0 Å². The molecule has 0 fully saturated rings. The van der Waals surface area contributed by atoms with Crippen molar-refractivity contribution < 1.29 is 0 Å². The molecule has 0 aliphatic rings. The lowest BCUT2D eigenvalue weighted by Gasteiger charge is -2.24. The van der Waals surface area contributed by atoms with E-state index in [4.69, 9.17) is 4.98 Å². The fourth-order valence-corrected chi connectivity index (χ4v) is 3.08. The van der Waals surface area contributed by atoms with Gasteiger partial charge in [-0.25, -0.2) is 0 Å². The largest absolute Gasteiger partial charge is 0.311 e. The Kier molecular flexibility index (Phi) is 6.36. The lowest BCUT2D eigenvalue weighted by atomic mass is 10.1. The third-order valence-corrected chi connectivity index (χ3v) is 4.56. The summed E-state index contributed by atoms with van der Waals surface area (Å²) < 4.78 is 0. The quantitative estimate of drug-likeness (QED) is 0.811. The molecular weight excluding hydrogens is 278 g/mol. The van der Waals surface area contributed by atoms with Crippen molar-refractivity contribution in [2.24, 2.45) is 0 Å². The van der Waals surface area contributed by atoms with E-state index in [-0.39, 0.29) is 0 Å². The summed E-state index contributed by atoms with van der Waals surface area (Å²) >= 11 is 1.84. The lowest BCUT2D eigenvalue weighted by Crippen LogP contribution is -2.30. The molecular formula is C17H25N3S. The van der Waals surface area contributed by atoms with Gasteiger partial charge in [-0.3, -0.25) is 9.88 Å². The van der Waals surface area contributed by atoms with E-state index in [0.29, 0.717) is 6.04 Å². The van der Waals surface area contributed by atoms with E-state index >= 15 is 0 Å². The Morgan fingerprint density at radius 3 is 2.76 bits per heavy atom. The maximum absolute atomic E-state index is 4.73. The second kappa shape index (κ2) is 8.27. The number of thiophene rings is 1. The van der Waals surface area contributed by atoms with Crippen LogP contribution >= 0.6 is 11.3 Å². The molecule has 0 saturated carbocycles. The Bertz CT molecular complexity index is 525. The second-order valence-electron chi connectivity index (χ2n) is 5.45. The molecule has 0 saturated heterocycles. The third-order valence-electron chi connectivity index (χ3n) is 3.66. The van der Waals surface area contributed by atoms with Crippen LogP contribution in [0.5, 0.6) is 0 Å². The maximum atomic E-state index is 4.73. The molecule has 0 bridgehead atoms. The van der Waals surface area contributed by atoms with Gasteiger partial charge in [-0.15, -0.1) is 11.3 Å². The second-order valence-corrected chi connectivity index (χ2v) is 6.48. The van der Waals surface area contributed by atoms with Crippen LogP contribution in [-0.2, 0) is 19.5 Å². The van der Waals surface area contributed by atoms with Crippen molar-refractivity contribution in [3.63, 3.8) is 0 Å². The molecule has 2 aromatic rings. The first-order chi connectivity index (χ1) is 10.2. The maximum Gasteiger partial charge on any atom is 0.0547 e. The summed E-state index contributed by atoms with van der Waals surface area (Å²) in [4.78, 5) is 8.55. The number of rotatable bonds is 8. The minimum atomic E-state index is 0.517. The predicted molar refractivity (Wildman–Crippen MR) is 90.6 cm³/mol. The third kappa shape index (κ3) is 5.23. The van der Waals surface area contributed by atoms with Gasteiger partial charge in [-0.1, -0.05) is 19.1 Å². The van der Waals surface area contributed by atoms with Gasteiger partial charge in [-0.2, -0.15) is 0 Å². The Morgan fingerprint density at radius 1 is 1.24 bits per heavy atom. The van der Waals surface area contributed by atoms with E-state index < -0.39 is 0 Å². The van der Waals surface area contributed by atoms with E-state index in [2.05, 4.69) is 66.8 Å². The first-order valence-electron chi connectivity index (χ1n) is 7.57. The van der Waals surface area contributed by atoms with Gasteiger partial charge < -0.3 is 5.32 Å². The van der Waals surface area contributed by atoms with Crippen molar-refractivity contribution in [2.75, 3.05) is 13.6 Å². The molecule has 1 atom stereocenters. The first kappa shape index (κ1) is 16.1. The molecule has 21 heavy (non-hydrogen) atoms. The van der Waals surface area contributed by atoms with Gasteiger partial charge in [-0.05, 0) is 50.5 Å². The van der Waals surface area contributed by atoms with Crippen molar-refractivity contribution in [1.29, 1.82) is 0 Å². The molecule has 114 valence electrons.